The van der Waals surface area contributed by atoms with Crippen LogP contribution in [-0.4, -0.2) is 49.4 Å². The molecule has 1 aromatic rings. The average Bonchev–Trinajstić information content (AvgIpc) is 3.06. The van der Waals surface area contributed by atoms with Gasteiger partial charge in [-0.25, -0.2) is 0 Å². The van der Waals surface area contributed by atoms with Crippen LogP contribution in [-0.2, 0) is 9.31 Å². The molecule has 4 nitrogen and oxygen atoms in total. The van der Waals surface area contributed by atoms with Gasteiger partial charge in [-0.1, -0.05) is 12.1 Å². The van der Waals surface area contributed by atoms with E-state index in [9.17, 15) is 0 Å². The van der Waals surface area contributed by atoms with Crippen LogP contribution in [0.4, 0.5) is 5.69 Å². The van der Waals surface area contributed by atoms with Crippen molar-refractivity contribution < 1.29 is 9.31 Å². The number of nitrogens with one attached hydrogen (secondary N) is 1. The van der Waals surface area contributed by atoms with Crippen LogP contribution in [0.1, 0.15) is 40.5 Å². The van der Waals surface area contributed by atoms with Crippen LogP contribution in [0, 0.1) is 0 Å². The van der Waals surface area contributed by atoms with E-state index in [0.717, 1.165) is 24.2 Å². The van der Waals surface area contributed by atoms with Crippen LogP contribution in [0.3, 0.4) is 0 Å². The molecule has 23 heavy (non-hydrogen) atoms. The largest absolute Gasteiger partial charge is 0.494 e. The van der Waals surface area contributed by atoms with Gasteiger partial charge in [-0.3, -0.25) is 0 Å². The normalized spacial score (nSPS) is 23.4. The molecular weight excluding hydrogens is 287 g/mol. The molecule has 1 N–H and O–H groups in total. The summed E-state index contributed by atoms with van der Waals surface area (Å²) in [5.41, 5.74) is 1.62. The summed E-state index contributed by atoms with van der Waals surface area (Å²) in [6, 6.07) is 8.40. The first-order valence-corrected chi connectivity index (χ1v) is 8.79. The molecule has 0 radical (unpaired) electrons. The van der Waals surface area contributed by atoms with Crippen molar-refractivity contribution in [1.82, 2.24) is 4.90 Å². The number of nitrogens with zero attached hydrogens (tertiary/aromatic N) is 1. The number of rotatable bonds is 5. The van der Waals surface area contributed by atoms with Crippen molar-refractivity contribution >= 4 is 18.3 Å². The second kappa shape index (κ2) is 6.46. The predicted molar refractivity (Wildman–Crippen MR) is 96.3 cm³/mol. The number of hydrogen-bond donors (Lipinski definition) is 1. The minimum atomic E-state index is -0.295. The van der Waals surface area contributed by atoms with Crippen molar-refractivity contribution in [2.45, 2.75) is 51.7 Å². The van der Waals surface area contributed by atoms with Gasteiger partial charge >= 0.3 is 7.12 Å². The molecule has 2 heterocycles. The summed E-state index contributed by atoms with van der Waals surface area (Å²) < 4.78 is 12.3. The molecule has 126 valence electrons. The highest BCUT2D eigenvalue weighted by atomic mass is 16.7. The van der Waals surface area contributed by atoms with Crippen molar-refractivity contribution in [3.63, 3.8) is 0 Å². The van der Waals surface area contributed by atoms with Crippen molar-refractivity contribution in [3.05, 3.63) is 24.3 Å². The number of benzene rings is 1. The first-order chi connectivity index (χ1) is 10.9. The van der Waals surface area contributed by atoms with E-state index in [1.807, 2.05) is 0 Å². The lowest BCUT2D eigenvalue weighted by molar-refractivity contribution is 0.00578. The summed E-state index contributed by atoms with van der Waals surface area (Å²) in [5, 5.41) is 3.52. The van der Waals surface area contributed by atoms with Crippen molar-refractivity contribution in [2.24, 2.45) is 0 Å². The fourth-order valence-corrected chi connectivity index (χ4v) is 3.14. The summed E-state index contributed by atoms with van der Waals surface area (Å²) in [6.45, 7) is 12.9. The standard InChI is InChI=1S/C18H29BN2O2/c1-17(2)18(3,4)23-19(22-17)15-8-7-9-16(14-15)20-10-13-21-11-5-6-12-21/h7-9,14,20H,5-6,10-13H2,1-4H3. The van der Waals surface area contributed by atoms with Crippen LogP contribution in [0.25, 0.3) is 0 Å². The third-order valence-electron chi connectivity index (χ3n) is 5.37. The Morgan fingerprint density at radius 1 is 1.09 bits per heavy atom. The Hall–Kier alpha value is -1.04. The molecule has 3 rings (SSSR count). The Balaban J connectivity index is 1.59. The molecule has 0 spiro atoms. The Bertz CT molecular complexity index is 526. The van der Waals surface area contributed by atoms with E-state index in [0.29, 0.717) is 0 Å². The highest BCUT2D eigenvalue weighted by molar-refractivity contribution is 6.62. The molecule has 0 saturated carbocycles. The third-order valence-corrected chi connectivity index (χ3v) is 5.37. The van der Waals surface area contributed by atoms with E-state index in [-0.39, 0.29) is 18.3 Å². The summed E-state index contributed by atoms with van der Waals surface area (Å²) >= 11 is 0. The van der Waals surface area contributed by atoms with Crippen molar-refractivity contribution in [3.8, 4) is 0 Å². The molecule has 0 bridgehead atoms. The Morgan fingerprint density at radius 3 is 2.39 bits per heavy atom. The van der Waals surface area contributed by atoms with Crippen LogP contribution in [0.5, 0.6) is 0 Å². The monoisotopic (exact) mass is 316 g/mol. The fourth-order valence-electron chi connectivity index (χ4n) is 3.14. The van der Waals surface area contributed by atoms with Gasteiger partial charge in [0.2, 0.25) is 0 Å². The molecule has 1 aromatic carbocycles. The van der Waals surface area contributed by atoms with Gasteiger partial charge in [-0.15, -0.1) is 0 Å². The van der Waals surface area contributed by atoms with Gasteiger partial charge in [-0.2, -0.15) is 0 Å². The molecule has 0 aromatic heterocycles. The Morgan fingerprint density at radius 2 is 1.74 bits per heavy atom. The van der Waals surface area contributed by atoms with Gasteiger partial charge in [0.25, 0.3) is 0 Å². The van der Waals surface area contributed by atoms with E-state index >= 15 is 0 Å². The summed E-state index contributed by atoms with van der Waals surface area (Å²) in [7, 11) is -0.291. The number of hydrogen-bond acceptors (Lipinski definition) is 4. The topological polar surface area (TPSA) is 33.7 Å². The molecule has 5 heteroatoms. The maximum atomic E-state index is 6.13. The summed E-state index contributed by atoms with van der Waals surface area (Å²) in [6.07, 6.45) is 2.69. The average molecular weight is 316 g/mol. The molecular formula is C18H29BN2O2. The Kier molecular flexibility index (Phi) is 4.72. The Labute approximate surface area is 140 Å². The van der Waals surface area contributed by atoms with Crippen LogP contribution < -0.4 is 10.8 Å². The van der Waals surface area contributed by atoms with Gasteiger partial charge in [-0.05, 0) is 71.2 Å². The molecule has 0 aliphatic carbocycles. The SMILES string of the molecule is CC1(C)OB(c2cccc(NCCN3CCCC3)c2)OC1(C)C. The van der Waals surface area contributed by atoms with Gasteiger partial charge in [0.05, 0.1) is 11.2 Å². The smallest absolute Gasteiger partial charge is 0.399 e. The van der Waals surface area contributed by atoms with Gasteiger partial charge in [0.15, 0.2) is 0 Å². The van der Waals surface area contributed by atoms with Gasteiger partial charge < -0.3 is 19.5 Å². The molecule has 2 aliphatic rings. The van der Waals surface area contributed by atoms with E-state index < -0.39 is 0 Å². The van der Waals surface area contributed by atoms with Crippen molar-refractivity contribution in [2.75, 3.05) is 31.5 Å². The first-order valence-electron chi connectivity index (χ1n) is 8.79. The first kappa shape index (κ1) is 16.8. The lowest BCUT2D eigenvalue weighted by atomic mass is 9.79. The van der Waals surface area contributed by atoms with E-state index in [1.165, 1.54) is 25.9 Å². The molecule has 0 atom stereocenters. The maximum Gasteiger partial charge on any atom is 0.494 e. The minimum Gasteiger partial charge on any atom is -0.399 e. The number of likely N-dealkylation sites (tertiary alicyclic amines) is 1. The van der Waals surface area contributed by atoms with Gasteiger partial charge in [0, 0.05) is 18.8 Å². The third kappa shape index (κ3) is 3.73. The molecule has 2 fully saturated rings. The lowest BCUT2D eigenvalue weighted by Crippen LogP contribution is -2.41. The molecule has 0 amide bonds. The lowest BCUT2D eigenvalue weighted by Gasteiger charge is -2.32. The van der Waals surface area contributed by atoms with Crippen molar-refractivity contribution in [1.29, 1.82) is 0 Å². The second-order valence-corrected chi connectivity index (χ2v) is 7.69. The van der Waals surface area contributed by atoms with E-state index in [2.05, 4.69) is 62.2 Å². The van der Waals surface area contributed by atoms with E-state index in [1.54, 1.807) is 0 Å². The van der Waals surface area contributed by atoms with Crippen LogP contribution in [0.15, 0.2) is 24.3 Å². The zero-order chi connectivity index (χ0) is 16.5. The van der Waals surface area contributed by atoms with Crippen LogP contribution in [0.2, 0.25) is 0 Å². The maximum absolute atomic E-state index is 6.13. The van der Waals surface area contributed by atoms with Crippen LogP contribution >= 0.6 is 0 Å². The molecule has 0 unspecified atom stereocenters. The fraction of sp³-hybridized carbons (Fsp3) is 0.667. The minimum absolute atomic E-state index is 0.291. The summed E-state index contributed by atoms with van der Waals surface area (Å²) in [4.78, 5) is 2.52. The number of anilines is 1. The zero-order valence-corrected chi connectivity index (χ0v) is 14.9. The zero-order valence-electron chi connectivity index (χ0n) is 14.9. The second-order valence-electron chi connectivity index (χ2n) is 7.69. The summed E-state index contributed by atoms with van der Waals surface area (Å²) in [5.74, 6) is 0. The quantitative estimate of drug-likeness (QED) is 0.846. The molecule has 2 aliphatic heterocycles. The van der Waals surface area contributed by atoms with Gasteiger partial charge in [0.1, 0.15) is 0 Å². The highest BCUT2D eigenvalue weighted by Crippen LogP contribution is 2.36. The van der Waals surface area contributed by atoms with E-state index in [4.69, 9.17) is 9.31 Å². The highest BCUT2D eigenvalue weighted by Gasteiger charge is 2.51. The molecule has 2 saturated heterocycles. The predicted octanol–water partition coefficient (Wildman–Crippen LogP) is 2.49.